The van der Waals surface area contributed by atoms with Crippen molar-refractivity contribution in [3.63, 3.8) is 0 Å². The van der Waals surface area contributed by atoms with Gasteiger partial charge in [0, 0.05) is 12.2 Å². The molecule has 1 aromatic rings. The minimum Gasteiger partial charge on any atom is -0.478 e. The summed E-state index contributed by atoms with van der Waals surface area (Å²) in [6.45, 7) is 0.107. The van der Waals surface area contributed by atoms with Crippen molar-refractivity contribution in [2.24, 2.45) is 0 Å². The summed E-state index contributed by atoms with van der Waals surface area (Å²) in [6.07, 6.45) is -0.784. The van der Waals surface area contributed by atoms with Crippen LogP contribution in [-0.2, 0) is 0 Å². The number of anilines is 1. The van der Waals surface area contributed by atoms with E-state index >= 15 is 0 Å². The van der Waals surface area contributed by atoms with Crippen LogP contribution in [0.5, 0.6) is 0 Å². The predicted molar refractivity (Wildman–Crippen MR) is 58.6 cm³/mol. The van der Waals surface area contributed by atoms with Gasteiger partial charge >= 0.3 is 5.97 Å². The second kappa shape index (κ2) is 5.67. The minimum atomic E-state index is -1.23. The number of halogens is 2. The smallest absolute Gasteiger partial charge is 0.337 e. The van der Waals surface area contributed by atoms with Gasteiger partial charge < -0.3 is 15.5 Å². The Morgan fingerprint density at radius 3 is 2.81 bits per heavy atom. The molecule has 0 fully saturated rings. The fraction of sp³-hybridized carbons (Fsp3) is 0.300. The second-order valence-corrected chi connectivity index (χ2v) is 3.49. The average Bonchev–Trinajstić information content (AvgIpc) is 2.26. The number of carboxylic acids is 1. The highest BCUT2D eigenvalue weighted by Gasteiger charge is 2.12. The van der Waals surface area contributed by atoms with Crippen LogP contribution in [0, 0.1) is 5.82 Å². The first-order valence-electron chi connectivity index (χ1n) is 4.55. The molecule has 0 aromatic heterocycles. The number of hydrogen-bond donors (Lipinski definition) is 3. The zero-order valence-corrected chi connectivity index (χ0v) is 9.04. The van der Waals surface area contributed by atoms with Gasteiger partial charge in [0.25, 0.3) is 0 Å². The minimum absolute atomic E-state index is 0.0383. The van der Waals surface area contributed by atoms with E-state index < -0.39 is 17.9 Å². The van der Waals surface area contributed by atoms with Gasteiger partial charge in [-0.25, -0.2) is 9.18 Å². The summed E-state index contributed by atoms with van der Waals surface area (Å²) in [5, 5.41) is 20.7. The lowest BCUT2D eigenvalue weighted by molar-refractivity contribution is 0.0697. The van der Waals surface area contributed by atoms with Gasteiger partial charge in [-0.2, -0.15) is 0 Å². The van der Waals surface area contributed by atoms with Crippen molar-refractivity contribution in [2.45, 2.75) is 6.10 Å². The van der Waals surface area contributed by atoms with Gasteiger partial charge in [-0.15, -0.1) is 11.6 Å². The summed E-state index contributed by atoms with van der Waals surface area (Å²) in [7, 11) is 0. The highest BCUT2D eigenvalue weighted by atomic mass is 35.5. The third kappa shape index (κ3) is 3.36. The molecule has 3 N–H and O–H groups in total. The zero-order valence-electron chi connectivity index (χ0n) is 8.28. The maximum absolute atomic E-state index is 12.8. The molecule has 1 unspecified atom stereocenters. The number of alkyl halides is 1. The number of aliphatic hydroxyl groups is 1. The Kier molecular flexibility index (Phi) is 4.52. The second-order valence-electron chi connectivity index (χ2n) is 3.18. The Hall–Kier alpha value is -1.33. The summed E-state index contributed by atoms with van der Waals surface area (Å²) in [5.74, 6) is -1.82. The fourth-order valence-corrected chi connectivity index (χ4v) is 1.24. The van der Waals surface area contributed by atoms with Crippen LogP contribution in [0.4, 0.5) is 10.1 Å². The van der Waals surface area contributed by atoms with Crippen LogP contribution in [0.3, 0.4) is 0 Å². The van der Waals surface area contributed by atoms with Gasteiger partial charge in [0.2, 0.25) is 0 Å². The molecule has 1 atom stereocenters. The van der Waals surface area contributed by atoms with Crippen molar-refractivity contribution in [1.82, 2.24) is 0 Å². The molecule has 0 amide bonds. The van der Waals surface area contributed by atoms with Crippen LogP contribution in [0.15, 0.2) is 18.2 Å². The standard InChI is InChI=1S/C10H11ClFNO3/c11-4-7(14)5-13-9-2-1-6(12)3-8(9)10(15)16/h1-3,7,13-14H,4-5H2,(H,15,16). The van der Waals surface area contributed by atoms with Gasteiger partial charge in [-0.3, -0.25) is 0 Å². The molecule has 6 heteroatoms. The molecule has 88 valence electrons. The lowest BCUT2D eigenvalue weighted by Gasteiger charge is -2.12. The van der Waals surface area contributed by atoms with Crippen molar-refractivity contribution < 1.29 is 19.4 Å². The highest BCUT2D eigenvalue weighted by Crippen LogP contribution is 2.17. The van der Waals surface area contributed by atoms with Crippen molar-refractivity contribution in [1.29, 1.82) is 0 Å². The molecule has 0 saturated carbocycles. The molecule has 0 heterocycles. The van der Waals surface area contributed by atoms with E-state index in [4.69, 9.17) is 16.7 Å². The van der Waals surface area contributed by atoms with Crippen LogP contribution < -0.4 is 5.32 Å². The van der Waals surface area contributed by atoms with Crippen LogP contribution in [0.2, 0.25) is 0 Å². The number of benzene rings is 1. The maximum atomic E-state index is 12.8. The van der Waals surface area contributed by atoms with Crippen molar-refractivity contribution in [2.75, 3.05) is 17.7 Å². The first-order valence-corrected chi connectivity index (χ1v) is 5.08. The molecule has 0 aliphatic heterocycles. The molecule has 0 saturated heterocycles. The van der Waals surface area contributed by atoms with E-state index in [0.717, 1.165) is 12.1 Å². The zero-order chi connectivity index (χ0) is 12.1. The van der Waals surface area contributed by atoms with E-state index in [1.165, 1.54) is 6.07 Å². The van der Waals surface area contributed by atoms with Crippen LogP contribution in [0.25, 0.3) is 0 Å². The van der Waals surface area contributed by atoms with Gasteiger partial charge in [-0.05, 0) is 18.2 Å². The molecule has 0 spiro atoms. The molecule has 0 radical (unpaired) electrons. The third-order valence-corrected chi connectivity index (χ3v) is 2.27. The Labute approximate surface area is 96.7 Å². The molecule has 0 aliphatic carbocycles. The Bertz CT molecular complexity index is 386. The molecular formula is C10H11ClFNO3. The lowest BCUT2D eigenvalue weighted by atomic mass is 10.1. The van der Waals surface area contributed by atoms with E-state index in [1.54, 1.807) is 0 Å². The fourth-order valence-electron chi connectivity index (χ4n) is 1.13. The summed E-state index contributed by atoms with van der Waals surface area (Å²) in [6, 6.07) is 3.36. The van der Waals surface area contributed by atoms with Crippen LogP contribution in [-0.4, -0.2) is 34.7 Å². The first-order chi connectivity index (χ1) is 7.54. The number of aromatic carboxylic acids is 1. The normalized spacial score (nSPS) is 12.2. The molecule has 16 heavy (non-hydrogen) atoms. The lowest BCUT2D eigenvalue weighted by Crippen LogP contribution is -2.21. The monoisotopic (exact) mass is 247 g/mol. The van der Waals surface area contributed by atoms with Crippen molar-refractivity contribution >= 4 is 23.3 Å². The number of carboxylic acid groups (broad SMARTS) is 1. The Morgan fingerprint density at radius 1 is 1.56 bits per heavy atom. The van der Waals surface area contributed by atoms with E-state index in [2.05, 4.69) is 5.32 Å². The van der Waals surface area contributed by atoms with Crippen molar-refractivity contribution in [3.05, 3.63) is 29.6 Å². The Balaban J connectivity index is 2.82. The number of aliphatic hydroxyl groups excluding tert-OH is 1. The average molecular weight is 248 g/mol. The molecule has 0 aliphatic rings. The SMILES string of the molecule is O=C(O)c1cc(F)ccc1NCC(O)CCl. The van der Waals surface area contributed by atoms with Crippen LogP contribution >= 0.6 is 11.6 Å². The van der Waals surface area contributed by atoms with E-state index in [9.17, 15) is 14.3 Å². The van der Waals surface area contributed by atoms with E-state index in [-0.39, 0.29) is 23.7 Å². The van der Waals surface area contributed by atoms with Crippen LogP contribution in [0.1, 0.15) is 10.4 Å². The first kappa shape index (κ1) is 12.7. The van der Waals surface area contributed by atoms with E-state index in [1.807, 2.05) is 0 Å². The van der Waals surface area contributed by atoms with Gasteiger partial charge in [0.05, 0.1) is 17.5 Å². The van der Waals surface area contributed by atoms with Gasteiger partial charge in [-0.1, -0.05) is 0 Å². The summed E-state index contributed by atoms with van der Waals surface area (Å²) < 4.78 is 12.8. The van der Waals surface area contributed by atoms with Gasteiger partial charge in [0.1, 0.15) is 5.82 Å². The maximum Gasteiger partial charge on any atom is 0.337 e. The molecule has 1 aromatic carbocycles. The van der Waals surface area contributed by atoms with Gasteiger partial charge in [0.15, 0.2) is 0 Å². The topological polar surface area (TPSA) is 69.6 Å². The van der Waals surface area contributed by atoms with Crippen molar-refractivity contribution in [3.8, 4) is 0 Å². The summed E-state index contributed by atoms with van der Waals surface area (Å²) in [5.41, 5.74) is 0.0693. The quantitative estimate of drug-likeness (QED) is 0.691. The number of carbonyl (C=O) groups is 1. The highest BCUT2D eigenvalue weighted by molar-refractivity contribution is 6.18. The molecular weight excluding hydrogens is 237 g/mol. The summed E-state index contributed by atoms with van der Waals surface area (Å²) in [4.78, 5) is 10.8. The summed E-state index contributed by atoms with van der Waals surface area (Å²) >= 11 is 5.38. The molecule has 1 rings (SSSR count). The number of nitrogens with one attached hydrogen (secondary N) is 1. The molecule has 0 bridgehead atoms. The van der Waals surface area contributed by atoms with E-state index in [0.29, 0.717) is 0 Å². The largest absolute Gasteiger partial charge is 0.478 e. The number of rotatable bonds is 5. The third-order valence-electron chi connectivity index (χ3n) is 1.92. The predicted octanol–water partition coefficient (Wildman–Crippen LogP) is 1.54. The Morgan fingerprint density at radius 2 is 2.25 bits per heavy atom. The molecule has 4 nitrogen and oxygen atoms in total. The number of hydrogen-bond acceptors (Lipinski definition) is 3.